The van der Waals surface area contributed by atoms with Gasteiger partial charge in [0.25, 0.3) is 0 Å². The minimum atomic E-state index is 0.259. The van der Waals surface area contributed by atoms with E-state index in [-0.39, 0.29) is 6.04 Å². The van der Waals surface area contributed by atoms with Gasteiger partial charge in [0, 0.05) is 23.5 Å². The van der Waals surface area contributed by atoms with Crippen molar-refractivity contribution < 1.29 is 4.42 Å². The number of nitrogens with one attached hydrogen (secondary N) is 1. The average molecular weight is 231 g/mol. The molecular weight excluding hydrogens is 214 g/mol. The molecule has 0 aliphatic rings. The maximum atomic E-state index is 5.27. The van der Waals surface area contributed by atoms with Crippen LogP contribution in [0.2, 0.25) is 0 Å². The zero-order chi connectivity index (χ0) is 12.4. The van der Waals surface area contributed by atoms with Gasteiger partial charge in [0.15, 0.2) is 5.82 Å². The van der Waals surface area contributed by atoms with Crippen molar-refractivity contribution in [2.75, 3.05) is 7.05 Å². The predicted molar refractivity (Wildman–Crippen MR) is 66.7 cm³/mol. The smallest absolute Gasteiger partial charge is 0.162 e. The van der Waals surface area contributed by atoms with Gasteiger partial charge in [0.05, 0.1) is 11.8 Å². The zero-order valence-electron chi connectivity index (χ0n) is 10.6. The van der Waals surface area contributed by atoms with Gasteiger partial charge in [-0.2, -0.15) is 0 Å². The van der Waals surface area contributed by atoms with Crippen molar-refractivity contribution in [1.29, 1.82) is 0 Å². The molecule has 1 N–H and O–H groups in total. The number of furan rings is 1. The van der Waals surface area contributed by atoms with Crippen molar-refractivity contribution in [2.45, 2.75) is 26.8 Å². The van der Waals surface area contributed by atoms with Crippen LogP contribution in [0, 0.1) is 13.8 Å². The molecule has 2 rings (SSSR count). The molecule has 0 bridgehead atoms. The van der Waals surface area contributed by atoms with Crippen molar-refractivity contribution in [1.82, 2.24) is 15.3 Å². The highest BCUT2D eigenvalue weighted by Gasteiger charge is 2.12. The lowest BCUT2D eigenvalue weighted by atomic mass is 10.1. The summed E-state index contributed by atoms with van der Waals surface area (Å²) >= 11 is 0. The molecule has 1 atom stereocenters. The Morgan fingerprint density at radius 2 is 2.12 bits per heavy atom. The van der Waals surface area contributed by atoms with Crippen molar-refractivity contribution in [2.24, 2.45) is 0 Å². The van der Waals surface area contributed by atoms with Crippen LogP contribution in [-0.2, 0) is 0 Å². The van der Waals surface area contributed by atoms with Crippen molar-refractivity contribution in [3.8, 4) is 11.4 Å². The lowest BCUT2D eigenvalue weighted by Crippen LogP contribution is -2.14. The average Bonchev–Trinajstić information content (AvgIpc) is 2.74. The van der Waals surface area contributed by atoms with E-state index in [0.717, 1.165) is 28.4 Å². The van der Waals surface area contributed by atoms with Gasteiger partial charge >= 0.3 is 0 Å². The monoisotopic (exact) mass is 231 g/mol. The molecule has 0 saturated carbocycles. The third kappa shape index (κ3) is 2.22. The second-order valence-electron chi connectivity index (χ2n) is 4.14. The van der Waals surface area contributed by atoms with Crippen LogP contribution in [0.5, 0.6) is 0 Å². The van der Waals surface area contributed by atoms with Crippen LogP contribution in [0.4, 0.5) is 0 Å². The van der Waals surface area contributed by atoms with Gasteiger partial charge in [-0.15, -0.1) is 0 Å². The van der Waals surface area contributed by atoms with Gasteiger partial charge in [-0.25, -0.2) is 9.97 Å². The van der Waals surface area contributed by atoms with Gasteiger partial charge in [0.2, 0.25) is 0 Å². The van der Waals surface area contributed by atoms with E-state index in [1.807, 2.05) is 33.2 Å². The van der Waals surface area contributed by atoms with Crippen LogP contribution in [0.25, 0.3) is 11.4 Å². The molecule has 4 nitrogen and oxygen atoms in total. The molecule has 90 valence electrons. The Morgan fingerprint density at radius 1 is 1.35 bits per heavy atom. The first-order chi connectivity index (χ1) is 8.13. The Bertz CT molecular complexity index is 519. The first-order valence-corrected chi connectivity index (χ1v) is 5.68. The quantitative estimate of drug-likeness (QED) is 0.882. The van der Waals surface area contributed by atoms with Gasteiger partial charge in [-0.1, -0.05) is 0 Å². The molecule has 0 saturated heterocycles. The van der Waals surface area contributed by atoms with Crippen molar-refractivity contribution in [3.63, 3.8) is 0 Å². The third-order valence-electron chi connectivity index (χ3n) is 3.02. The van der Waals surface area contributed by atoms with Crippen molar-refractivity contribution in [3.05, 3.63) is 35.5 Å². The molecule has 0 fully saturated rings. The Labute approximate surface area is 101 Å². The first-order valence-electron chi connectivity index (χ1n) is 5.68. The van der Waals surface area contributed by atoms with E-state index in [4.69, 9.17) is 4.42 Å². The fourth-order valence-electron chi connectivity index (χ4n) is 1.80. The van der Waals surface area contributed by atoms with Crippen LogP contribution in [-0.4, -0.2) is 17.0 Å². The molecule has 2 aromatic heterocycles. The Morgan fingerprint density at radius 3 is 2.65 bits per heavy atom. The van der Waals surface area contributed by atoms with E-state index in [2.05, 4.69) is 22.2 Å². The van der Waals surface area contributed by atoms with E-state index < -0.39 is 0 Å². The highest BCUT2D eigenvalue weighted by molar-refractivity contribution is 5.57. The summed E-state index contributed by atoms with van der Waals surface area (Å²) in [5, 5.41) is 3.19. The van der Waals surface area contributed by atoms with E-state index in [0.29, 0.717) is 0 Å². The number of hydrogen-bond acceptors (Lipinski definition) is 4. The molecule has 2 heterocycles. The van der Waals surface area contributed by atoms with E-state index in [1.54, 1.807) is 6.26 Å². The molecule has 0 radical (unpaired) electrons. The van der Waals surface area contributed by atoms with Gasteiger partial charge in [-0.05, 0) is 33.9 Å². The Kier molecular flexibility index (Phi) is 3.24. The van der Waals surface area contributed by atoms with Gasteiger partial charge < -0.3 is 9.73 Å². The number of rotatable bonds is 3. The summed E-state index contributed by atoms with van der Waals surface area (Å²) in [6.45, 7) is 6.01. The fourth-order valence-corrected chi connectivity index (χ4v) is 1.80. The molecule has 0 aliphatic carbocycles. The third-order valence-corrected chi connectivity index (χ3v) is 3.02. The second-order valence-corrected chi connectivity index (χ2v) is 4.14. The first kappa shape index (κ1) is 11.8. The van der Waals surface area contributed by atoms with Gasteiger partial charge in [0.1, 0.15) is 5.76 Å². The van der Waals surface area contributed by atoms with Crippen LogP contribution in [0.15, 0.2) is 22.9 Å². The van der Waals surface area contributed by atoms with Crippen LogP contribution >= 0.6 is 0 Å². The highest BCUT2D eigenvalue weighted by atomic mass is 16.3. The molecular formula is C13H17N3O. The van der Waals surface area contributed by atoms with E-state index in [9.17, 15) is 0 Å². The maximum Gasteiger partial charge on any atom is 0.162 e. The molecule has 0 spiro atoms. The minimum absolute atomic E-state index is 0.259. The Hall–Kier alpha value is -1.68. The van der Waals surface area contributed by atoms with Crippen LogP contribution < -0.4 is 5.32 Å². The number of hydrogen-bond donors (Lipinski definition) is 1. The fraction of sp³-hybridized carbons (Fsp3) is 0.385. The summed E-state index contributed by atoms with van der Waals surface area (Å²) < 4.78 is 5.27. The predicted octanol–water partition coefficient (Wildman–Crippen LogP) is 2.63. The summed E-state index contributed by atoms with van der Waals surface area (Å²) in [6, 6.07) is 2.15. The lowest BCUT2D eigenvalue weighted by Gasteiger charge is -2.13. The normalized spacial score (nSPS) is 12.7. The van der Waals surface area contributed by atoms with E-state index in [1.165, 1.54) is 0 Å². The summed E-state index contributed by atoms with van der Waals surface area (Å²) in [6.07, 6.45) is 3.54. The topological polar surface area (TPSA) is 51.0 Å². The number of nitrogens with zero attached hydrogens (tertiary/aromatic N) is 2. The summed E-state index contributed by atoms with van der Waals surface area (Å²) in [5.74, 6) is 1.57. The molecule has 0 aliphatic heterocycles. The SMILES string of the molecule is CNC(C)c1cnc(-c2ccoc2C)nc1C. The molecule has 0 aromatic carbocycles. The van der Waals surface area contributed by atoms with Crippen molar-refractivity contribution >= 4 is 0 Å². The molecule has 17 heavy (non-hydrogen) atoms. The largest absolute Gasteiger partial charge is 0.469 e. The van der Waals surface area contributed by atoms with Gasteiger partial charge in [-0.3, -0.25) is 0 Å². The lowest BCUT2D eigenvalue weighted by molar-refractivity contribution is 0.535. The molecule has 0 amide bonds. The molecule has 1 unspecified atom stereocenters. The number of aryl methyl sites for hydroxylation is 2. The summed E-state index contributed by atoms with van der Waals surface area (Å²) in [5.41, 5.74) is 3.08. The second kappa shape index (κ2) is 4.67. The van der Waals surface area contributed by atoms with Crippen LogP contribution in [0.3, 0.4) is 0 Å². The van der Waals surface area contributed by atoms with Crippen LogP contribution in [0.1, 0.15) is 30.0 Å². The zero-order valence-corrected chi connectivity index (χ0v) is 10.6. The maximum absolute atomic E-state index is 5.27. The summed E-state index contributed by atoms with van der Waals surface area (Å²) in [7, 11) is 1.93. The Balaban J connectivity index is 2.41. The molecule has 4 heteroatoms. The summed E-state index contributed by atoms with van der Waals surface area (Å²) in [4.78, 5) is 8.94. The van der Waals surface area contributed by atoms with E-state index >= 15 is 0 Å². The minimum Gasteiger partial charge on any atom is -0.469 e. The highest BCUT2D eigenvalue weighted by Crippen LogP contribution is 2.22. The molecule has 2 aromatic rings. The number of aromatic nitrogens is 2. The standard InChI is InChI=1S/C13H17N3O/c1-8(14-4)12-7-15-13(16-9(12)2)11-5-6-17-10(11)3/h5-8,14H,1-4H3.